The molecule has 6 aromatic rings. The van der Waals surface area contributed by atoms with Crippen molar-refractivity contribution in [3.63, 3.8) is 0 Å². The van der Waals surface area contributed by atoms with Gasteiger partial charge in [0.15, 0.2) is 0 Å². The van der Waals surface area contributed by atoms with Crippen LogP contribution in [0.3, 0.4) is 0 Å². The minimum absolute atomic E-state index is 0.201. The van der Waals surface area contributed by atoms with Crippen LogP contribution in [0.25, 0.3) is 0 Å². The molecule has 0 aliphatic rings. The number of carbonyl (C=O) groups excluding carboxylic acids is 1. The average molecular weight is 689 g/mol. The first-order valence-electron chi connectivity index (χ1n) is 14.7. The smallest absolute Gasteiger partial charge is 0.252 e. The summed E-state index contributed by atoms with van der Waals surface area (Å²) >= 11 is 3.50. The maximum atomic E-state index is 14.5. The Balaban J connectivity index is 1.45. The first-order chi connectivity index (χ1) is 22.1. The Bertz CT molecular complexity index is 1830. The first kappa shape index (κ1) is 30.9. The summed E-state index contributed by atoms with van der Waals surface area (Å²) in [7, 11) is -2.50. The topological polar surface area (TPSA) is 46.2 Å². The van der Waals surface area contributed by atoms with Crippen LogP contribution in [0.4, 0.5) is 0 Å². The summed E-state index contributed by atoms with van der Waals surface area (Å²) in [5.74, 6) is -0.201. The van der Waals surface area contributed by atoms with Crippen molar-refractivity contribution >= 4 is 56.5 Å². The second-order valence-corrected chi connectivity index (χ2v) is 15.1. The third-order valence-electron chi connectivity index (χ3n) is 7.57. The molecule has 1 amide bonds. The van der Waals surface area contributed by atoms with E-state index in [1.54, 1.807) is 0 Å². The molecule has 0 saturated carbocycles. The molecule has 6 rings (SSSR count). The number of rotatable bonds is 10. The van der Waals surface area contributed by atoms with E-state index in [4.69, 9.17) is 0 Å². The summed E-state index contributed by atoms with van der Waals surface area (Å²) in [4.78, 5) is 15.2. The molecule has 222 valence electrons. The van der Waals surface area contributed by atoms with E-state index in [-0.39, 0.29) is 5.91 Å². The highest BCUT2D eigenvalue weighted by atomic mass is 79.9. The maximum absolute atomic E-state index is 14.5. The molecule has 45 heavy (non-hydrogen) atoms. The largest absolute Gasteiger partial charge is 0.344 e. The molecule has 3 nitrogen and oxygen atoms in total. The van der Waals surface area contributed by atoms with Crippen molar-refractivity contribution in [3.05, 3.63) is 191 Å². The van der Waals surface area contributed by atoms with Gasteiger partial charge in [-0.1, -0.05) is 155 Å². The van der Waals surface area contributed by atoms with Gasteiger partial charge in [0.2, 0.25) is 0 Å². The van der Waals surface area contributed by atoms with Crippen molar-refractivity contribution < 1.29 is 9.00 Å². The molecule has 0 spiro atoms. The third-order valence-corrected chi connectivity index (χ3v) is 12.3. The quantitative estimate of drug-likeness (QED) is 0.148. The van der Waals surface area contributed by atoms with Crippen LogP contribution in [-0.2, 0) is 10.8 Å². The van der Waals surface area contributed by atoms with Gasteiger partial charge in [-0.15, -0.1) is 0 Å². The predicted octanol–water partition coefficient (Wildman–Crippen LogP) is 8.23. The lowest BCUT2D eigenvalue weighted by atomic mass is 9.97. The van der Waals surface area contributed by atoms with Crippen molar-refractivity contribution in [1.29, 1.82) is 0 Å². The molecular weight excluding hydrogens is 657 g/mol. The Morgan fingerprint density at radius 1 is 0.578 bits per heavy atom. The van der Waals surface area contributed by atoms with Gasteiger partial charge >= 0.3 is 0 Å². The predicted molar refractivity (Wildman–Crippen MR) is 192 cm³/mol. The zero-order valence-electron chi connectivity index (χ0n) is 24.4. The van der Waals surface area contributed by atoms with Gasteiger partial charge in [0, 0.05) is 14.9 Å². The zero-order valence-corrected chi connectivity index (χ0v) is 27.7. The van der Waals surface area contributed by atoms with E-state index in [1.807, 2.05) is 140 Å². The number of amides is 1. The SMILES string of the molecule is O=C(N[C@@H](c1ccccc1)[C@@H](c1ccccc1)S(=O)c1ccc(Br)cc1)c1ccccc1P(c1ccccc1)c1ccccc1. The van der Waals surface area contributed by atoms with E-state index >= 15 is 0 Å². The summed E-state index contributed by atoms with van der Waals surface area (Å²) in [6, 6.07) is 55.3. The number of nitrogens with one attached hydrogen (secondary N) is 1. The Morgan fingerprint density at radius 3 is 1.60 bits per heavy atom. The Hall–Kier alpha value is -4.15. The third kappa shape index (κ3) is 7.23. The number of benzene rings is 6. The fourth-order valence-corrected chi connectivity index (χ4v) is 9.74. The molecule has 0 saturated heterocycles. The molecule has 6 aromatic carbocycles. The maximum Gasteiger partial charge on any atom is 0.252 e. The van der Waals surface area contributed by atoms with E-state index < -0.39 is 30.0 Å². The van der Waals surface area contributed by atoms with Crippen molar-refractivity contribution in [2.75, 3.05) is 0 Å². The molecule has 3 atom stereocenters. The number of carbonyl (C=O) groups is 1. The molecule has 0 bridgehead atoms. The Labute approximate surface area is 276 Å². The lowest BCUT2D eigenvalue weighted by molar-refractivity contribution is 0.0937. The fourth-order valence-electron chi connectivity index (χ4n) is 5.45. The summed E-state index contributed by atoms with van der Waals surface area (Å²) in [5, 5.41) is 6.13. The van der Waals surface area contributed by atoms with Gasteiger partial charge in [0.25, 0.3) is 5.91 Å². The molecule has 0 radical (unpaired) electrons. The second kappa shape index (κ2) is 14.8. The van der Waals surface area contributed by atoms with Gasteiger partial charge in [-0.25, -0.2) is 0 Å². The molecule has 0 heterocycles. The number of hydrogen-bond donors (Lipinski definition) is 1. The van der Waals surface area contributed by atoms with Crippen LogP contribution in [0.1, 0.15) is 32.8 Å². The average Bonchev–Trinajstić information content (AvgIpc) is 3.10. The monoisotopic (exact) mass is 687 g/mol. The van der Waals surface area contributed by atoms with Crippen LogP contribution in [0.5, 0.6) is 0 Å². The van der Waals surface area contributed by atoms with Crippen molar-refractivity contribution in [1.82, 2.24) is 5.32 Å². The van der Waals surface area contributed by atoms with Crippen molar-refractivity contribution in [2.45, 2.75) is 16.2 Å². The fraction of sp³-hybridized carbons (Fsp3) is 0.0513. The van der Waals surface area contributed by atoms with E-state index in [9.17, 15) is 9.00 Å². The van der Waals surface area contributed by atoms with Gasteiger partial charge in [-0.3, -0.25) is 9.00 Å². The Morgan fingerprint density at radius 2 is 1.04 bits per heavy atom. The van der Waals surface area contributed by atoms with Gasteiger partial charge in [-0.2, -0.15) is 0 Å². The molecule has 0 fully saturated rings. The molecule has 6 heteroatoms. The lowest BCUT2D eigenvalue weighted by Gasteiger charge is -2.29. The van der Waals surface area contributed by atoms with Crippen LogP contribution in [-0.4, -0.2) is 10.1 Å². The van der Waals surface area contributed by atoms with Crippen LogP contribution < -0.4 is 21.2 Å². The summed E-state index contributed by atoms with van der Waals surface area (Å²) < 4.78 is 15.4. The van der Waals surface area contributed by atoms with Crippen LogP contribution in [0, 0.1) is 0 Å². The van der Waals surface area contributed by atoms with E-state index in [1.165, 1.54) is 0 Å². The highest BCUT2D eigenvalue weighted by molar-refractivity contribution is 9.10. The first-order valence-corrected chi connectivity index (χ1v) is 18.0. The van der Waals surface area contributed by atoms with Crippen molar-refractivity contribution in [2.24, 2.45) is 0 Å². The zero-order chi connectivity index (χ0) is 31.0. The normalized spacial score (nSPS) is 13.1. The van der Waals surface area contributed by atoms with Crippen molar-refractivity contribution in [3.8, 4) is 0 Å². The van der Waals surface area contributed by atoms with Gasteiger partial charge < -0.3 is 5.32 Å². The van der Waals surface area contributed by atoms with Gasteiger partial charge in [0.1, 0.15) is 0 Å². The molecule has 0 aliphatic carbocycles. The number of hydrogen-bond acceptors (Lipinski definition) is 2. The molecule has 1 N–H and O–H groups in total. The minimum atomic E-state index is -1.49. The van der Waals surface area contributed by atoms with E-state index in [0.29, 0.717) is 10.5 Å². The van der Waals surface area contributed by atoms with Crippen LogP contribution in [0.2, 0.25) is 0 Å². The molecular formula is C39H31BrNO2PS. The summed E-state index contributed by atoms with van der Waals surface area (Å²) in [6.07, 6.45) is 0. The molecule has 1 unspecified atom stereocenters. The van der Waals surface area contributed by atoms with Crippen LogP contribution >= 0.6 is 23.9 Å². The minimum Gasteiger partial charge on any atom is -0.344 e. The molecule has 0 aliphatic heterocycles. The van der Waals surface area contributed by atoms with Crippen LogP contribution in [0.15, 0.2) is 179 Å². The highest BCUT2D eigenvalue weighted by Crippen LogP contribution is 2.38. The molecule has 0 aromatic heterocycles. The number of halogens is 1. The second-order valence-electron chi connectivity index (χ2n) is 10.5. The lowest BCUT2D eigenvalue weighted by Crippen LogP contribution is -2.37. The standard InChI is InChI=1S/C39H31BrNO2PS/c40-31-25-27-34(28-26-31)45(43)38(30-17-7-2-8-18-30)37(29-15-5-1-6-16-29)41-39(42)35-23-13-14-24-36(35)44(32-19-9-3-10-20-32)33-21-11-4-12-22-33/h1-28,37-38H,(H,41,42)/t37-,38+,45?/m0/s1. The van der Waals surface area contributed by atoms with E-state index in [2.05, 4.69) is 51.6 Å². The van der Waals surface area contributed by atoms with E-state index in [0.717, 1.165) is 31.5 Å². The van der Waals surface area contributed by atoms with Gasteiger partial charge in [-0.05, 0) is 65.3 Å². The summed E-state index contributed by atoms with van der Waals surface area (Å²) in [6.45, 7) is 0. The van der Waals surface area contributed by atoms with Gasteiger partial charge in [0.05, 0.1) is 22.1 Å². The Kier molecular flexibility index (Phi) is 10.1. The highest BCUT2D eigenvalue weighted by Gasteiger charge is 2.33. The summed E-state index contributed by atoms with van der Waals surface area (Å²) in [5.41, 5.74) is 2.38.